The molecule has 1 aliphatic heterocycles. The Morgan fingerprint density at radius 2 is 1.32 bits per heavy atom. The number of esters is 2. The number of halogens is 3. The van der Waals surface area contributed by atoms with Gasteiger partial charge >= 0.3 is 11.9 Å². The Hall–Kier alpha value is -3.25. The molecule has 0 amide bonds. The van der Waals surface area contributed by atoms with Gasteiger partial charge in [-0.1, -0.05) is 54.1 Å². The van der Waals surface area contributed by atoms with E-state index in [4.69, 9.17) is 54.8 Å². The molecular weight excluding hydrogens is 593 g/mol. The fourth-order valence-corrected chi connectivity index (χ4v) is 4.75. The van der Waals surface area contributed by atoms with Crippen molar-refractivity contribution in [2.24, 2.45) is 11.8 Å². The molecule has 41 heavy (non-hydrogen) atoms. The second-order valence-corrected chi connectivity index (χ2v) is 10.1. The molecule has 1 saturated heterocycles. The first-order chi connectivity index (χ1) is 19.7. The van der Waals surface area contributed by atoms with E-state index in [0.29, 0.717) is 32.1 Å². The van der Waals surface area contributed by atoms with Crippen molar-refractivity contribution in [1.82, 2.24) is 19.9 Å². The summed E-state index contributed by atoms with van der Waals surface area (Å²) in [5.41, 5.74) is 0.211. The first-order valence-electron chi connectivity index (χ1n) is 13.3. The first kappa shape index (κ1) is 34.0. The zero-order chi connectivity index (χ0) is 30.2. The zero-order valence-corrected chi connectivity index (χ0v) is 25.3. The molecule has 0 unspecified atom stereocenters. The monoisotopic (exact) mass is 623 g/mol. The van der Waals surface area contributed by atoms with Crippen LogP contribution in [0.4, 0.5) is 5.82 Å². The lowest BCUT2D eigenvalue weighted by Gasteiger charge is -2.31. The molecule has 3 heterocycles. The number of nitrogens with zero attached hydrogens (tertiary/aromatic N) is 7. The van der Waals surface area contributed by atoms with Crippen molar-refractivity contribution in [1.29, 1.82) is 10.5 Å². The smallest absolute Gasteiger partial charge is 0.309 e. The third-order valence-corrected chi connectivity index (χ3v) is 7.00. The number of carbonyl (C=O) groups is 2. The lowest BCUT2D eigenvalue weighted by Crippen LogP contribution is -2.37. The number of carbonyl (C=O) groups excluding carboxylic acids is 2. The highest BCUT2D eigenvalue weighted by Crippen LogP contribution is 2.25. The van der Waals surface area contributed by atoms with Gasteiger partial charge in [0.25, 0.3) is 0 Å². The minimum absolute atomic E-state index is 0.0206. The molecule has 4 rings (SSSR count). The van der Waals surface area contributed by atoms with E-state index in [0.717, 1.165) is 25.7 Å². The Kier molecular flexibility index (Phi) is 15.1. The van der Waals surface area contributed by atoms with E-state index in [1.807, 2.05) is 17.9 Å². The van der Waals surface area contributed by atoms with Crippen molar-refractivity contribution < 1.29 is 19.1 Å². The maximum atomic E-state index is 11.7. The highest BCUT2D eigenvalue weighted by molar-refractivity contribution is 6.32. The Labute approximate surface area is 254 Å². The van der Waals surface area contributed by atoms with Crippen LogP contribution in [0.15, 0.2) is 12.4 Å². The van der Waals surface area contributed by atoms with Gasteiger partial charge in [-0.05, 0) is 39.5 Å². The summed E-state index contributed by atoms with van der Waals surface area (Å²) in [5.74, 6) is 0.691. The number of ether oxygens (including phenoxy) is 2. The summed E-state index contributed by atoms with van der Waals surface area (Å²) >= 11 is 16.7. The number of nitriles is 2. The molecule has 1 aliphatic carbocycles. The van der Waals surface area contributed by atoms with Crippen molar-refractivity contribution in [3.8, 4) is 12.1 Å². The quantitative estimate of drug-likeness (QED) is 0.384. The molecule has 0 atom stereocenters. The van der Waals surface area contributed by atoms with E-state index in [-0.39, 0.29) is 50.6 Å². The summed E-state index contributed by atoms with van der Waals surface area (Å²) < 4.78 is 9.97. The van der Waals surface area contributed by atoms with Gasteiger partial charge in [-0.2, -0.15) is 10.5 Å². The Balaban J connectivity index is 0.000000236. The van der Waals surface area contributed by atoms with Crippen LogP contribution in [0.25, 0.3) is 0 Å². The van der Waals surface area contributed by atoms with Crippen molar-refractivity contribution in [3.63, 3.8) is 0 Å². The molecule has 0 aromatic carbocycles. The summed E-state index contributed by atoms with van der Waals surface area (Å²) in [4.78, 5) is 40.2. The van der Waals surface area contributed by atoms with Crippen LogP contribution >= 0.6 is 34.8 Å². The topological polar surface area (TPSA) is 155 Å². The molecule has 2 aromatic rings. The molecular formula is C27H32Cl3N7O4. The van der Waals surface area contributed by atoms with E-state index >= 15 is 0 Å². The second kappa shape index (κ2) is 18.2. The maximum absolute atomic E-state index is 11.7. The number of aromatic nitrogens is 4. The number of hydrogen-bond donors (Lipinski definition) is 0. The van der Waals surface area contributed by atoms with Crippen LogP contribution in [0, 0.1) is 34.5 Å². The second-order valence-electron chi connectivity index (χ2n) is 9.02. The van der Waals surface area contributed by atoms with Crippen molar-refractivity contribution in [3.05, 3.63) is 39.2 Å². The average Bonchev–Trinajstić information content (AvgIpc) is 2.98. The van der Waals surface area contributed by atoms with Gasteiger partial charge in [0.2, 0.25) is 0 Å². The third kappa shape index (κ3) is 11.3. The van der Waals surface area contributed by atoms with Crippen LogP contribution in [-0.2, 0) is 19.1 Å². The maximum Gasteiger partial charge on any atom is 0.309 e. The fourth-order valence-electron chi connectivity index (χ4n) is 4.21. The molecule has 0 radical (unpaired) electrons. The molecule has 1 saturated carbocycles. The predicted octanol–water partition coefficient (Wildman–Crippen LogP) is 5.57. The molecule has 2 aliphatic rings. The standard InChI is InChI=1S/C13H15ClN4O2.C9H16O2.C5HCl2N3/c1-2-20-13(19)9-3-5-18(6-4-9)11-8-16-10(7-15)12(14)17-11;1-2-11-9(10)8-6-4-3-5-7-8;6-4-2-9-3(1-8)5(7)10-4/h8-9H,2-6H2,1H3;8H,2-7H2,1H3;2H. The molecule has 220 valence electrons. The molecule has 0 bridgehead atoms. The minimum atomic E-state index is -0.129. The van der Waals surface area contributed by atoms with E-state index < -0.39 is 0 Å². The van der Waals surface area contributed by atoms with Crippen LogP contribution in [0.2, 0.25) is 15.5 Å². The van der Waals surface area contributed by atoms with Crippen LogP contribution in [0.3, 0.4) is 0 Å². The molecule has 0 spiro atoms. The lowest BCUT2D eigenvalue weighted by molar-refractivity contribution is -0.149. The van der Waals surface area contributed by atoms with Crippen molar-refractivity contribution >= 4 is 52.6 Å². The Morgan fingerprint density at radius 1 is 0.829 bits per heavy atom. The Morgan fingerprint density at radius 3 is 1.78 bits per heavy atom. The van der Waals surface area contributed by atoms with E-state index in [9.17, 15) is 9.59 Å². The lowest BCUT2D eigenvalue weighted by atomic mass is 9.89. The molecule has 14 heteroatoms. The number of rotatable bonds is 5. The van der Waals surface area contributed by atoms with Gasteiger partial charge in [0, 0.05) is 13.1 Å². The van der Waals surface area contributed by atoms with Crippen LogP contribution in [0.5, 0.6) is 0 Å². The van der Waals surface area contributed by atoms with Crippen molar-refractivity contribution in [2.45, 2.75) is 58.8 Å². The van der Waals surface area contributed by atoms with E-state index in [1.54, 1.807) is 13.0 Å². The SMILES string of the molecule is CCOC(=O)C1CCCCC1.CCOC(=O)C1CCN(c2cnc(C#N)c(Cl)n2)CC1.N#Cc1ncc(Cl)nc1Cl. The van der Waals surface area contributed by atoms with Gasteiger partial charge in [-0.15, -0.1) is 0 Å². The fraction of sp³-hybridized carbons (Fsp3) is 0.556. The van der Waals surface area contributed by atoms with Gasteiger partial charge in [-0.3, -0.25) is 9.59 Å². The molecule has 11 nitrogen and oxygen atoms in total. The van der Waals surface area contributed by atoms with Crippen molar-refractivity contribution in [2.75, 3.05) is 31.2 Å². The normalized spacial score (nSPS) is 15.1. The summed E-state index contributed by atoms with van der Waals surface area (Å²) in [5, 5.41) is 17.4. The minimum Gasteiger partial charge on any atom is -0.466 e. The van der Waals surface area contributed by atoms with Gasteiger partial charge in [0.05, 0.1) is 37.4 Å². The third-order valence-electron chi connectivity index (χ3n) is 6.29. The number of hydrogen-bond acceptors (Lipinski definition) is 11. The average molecular weight is 625 g/mol. The Bertz CT molecular complexity index is 1240. The van der Waals surface area contributed by atoms with E-state index in [1.165, 1.54) is 31.7 Å². The molecule has 2 fully saturated rings. The molecule has 0 N–H and O–H groups in total. The number of anilines is 1. The van der Waals surface area contributed by atoms with Crippen LogP contribution in [0.1, 0.15) is 70.2 Å². The summed E-state index contributed by atoms with van der Waals surface area (Å²) in [6, 6.07) is 3.63. The summed E-state index contributed by atoms with van der Waals surface area (Å²) in [7, 11) is 0. The highest BCUT2D eigenvalue weighted by Gasteiger charge is 2.27. The predicted molar refractivity (Wildman–Crippen MR) is 153 cm³/mol. The van der Waals surface area contributed by atoms with Crippen LogP contribution < -0.4 is 4.90 Å². The van der Waals surface area contributed by atoms with Crippen LogP contribution in [-0.4, -0.2) is 58.2 Å². The van der Waals surface area contributed by atoms with Gasteiger partial charge < -0.3 is 14.4 Å². The largest absolute Gasteiger partial charge is 0.466 e. The summed E-state index contributed by atoms with van der Waals surface area (Å²) in [6.45, 7) is 5.99. The van der Waals surface area contributed by atoms with E-state index in [2.05, 4.69) is 19.9 Å². The summed E-state index contributed by atoms with van der Waals surface area (Å²) in [6.07, 6.45) is 10.0. The zero-order valence-electron chi connectivity index (χ0n) is 23.0. The van der Waals surface area contributed by atoms with Gasteiger partial charge in [0.15, 0.2) is 21.7 Å². The first-order valence-corrected chi connectivity index (χ1v) is 14.5. The van der Waals surface area contributed by atoms with Gasteiger partial charge in [-0.25, -0.2) is 19.9 Å². The molecule has 2 aromatic heterocycles. The van der Waals surface area contributed by atoms with Gasteiger partial charge in [0.1, 0.15) is 23.1 Å². The number of piperidine rings is 1. The highest BCUT2D eigenvalue weighted by atomic mass is 35.5.